The van der Waals surface area contributed by atoms with Gasteiger partial charge in [-0.05, 0) is 32.8 Å². The summed E-state index contributed by atoms with van der Waals surface area (Å²) in [6.45, 7) is 7.98. The Balaban J connectivity index is 1.61. The summed E-state index contributed by atoms with van der Waals surface area (Å²) < 4.78 is 11.2. The summed E-state index contributed by atoms with van der Waals surface area (Å²) in [5.41, 5.74) is 0.967. The summed E-state index contributed by atoms with van der Waals surface area (Å²) in [5, 5.41) is 0. The van der Waals surface area contributed by atoms with E-state index in [9.17, 15) is 4.79 Å². The van der Waals surface area contributed by atoms with Gasteiger partial charge in [0.2, 0.25) is 5.91 Å². The fraction of sp³-hybridized carbons (Fsp3) is 0.650. The Morgan fingerprint density at radius 1 is 1.24 bits per heavy atom. The molecule has 1 amide bonds. The van der Waals surface area contributed by atoms with Crippen LogP contribution >= 0.6 is 0 Å². The smallest absolute Gasteiger partial charge is 0.227 e. The molecular weight excluding hydrogens is 316 g/mol. The van der Waals surface area contributed by atoms with Crippen LogP contribution in [-0.2, 0) is 16.0 Å². The molecule has 1 aromatic rings. The molecule has 2 aliphatic heterocycles. The number of ether oxygens (including phenoxy) is 2. The Morgan fingerprint density at radius 3 is 2.68 bits per heavy atom. The minimum absolute atomic E-state index is 0.210. The SMILES string of the molecule is COc1ccccc1CC(=O)N1CCCC1CN1CC(C)OC(C)C1. The predicted octanol–water partition coefficient (Wildman–Crippen LogP) is 2.34. The van der Waals surface area contributed by atoms with E-state index in [4.69, 9.17) is 9.47 Å². The molecule has 0 spiro atoms. The van der Waals surface area contributed by atoms with Gasteiger partial charge in [0.15, 0.2) is 0 Å². The van der Waals surface area contributed by atoms with Crippen molar-refractivity contribution < 1.29 is 14.3 Å². The van der Waals surface area contributed by atoms with Gasteiger partial charge in [-0.1, -0.05) is 18.2 Å². The van der Waals surface area contributed by atoms with Crippen LogP contribution in [0.2, 0.25) is 0 Å². The number of carbonyl (C=O) groups is 1. The van der Waals surface area contributed by atoms with Crippen LogP contribution in [0.5, 0.6) is 5.75 Å². The summed E-state index contributed by atoms with van der Waals surface area (Å²) in [6, 6.07) is 8.11. The number of hydrogen-bond acceptors (Lipinski definition) is 4. The van der Waals surface area contributed by atoms with Gasteiger partial charge in [-0.25, -0.2) is 0 Å². The second kappa shape index (κ2) is 8.19. The largest absolute Gasteiger partial charge is 0.496 e. The van der Waals surface area contributed by atoms with E-state index in [0.29, 0.717) is 12.5 Å². The van der Waals surface area contributed by atoms with Crippen molar-refractivity contribution in [2.45, 2.75) is 51.4 Å². The van der Waals surface area contributed by atoms with Gasteiger partial charge in [-0.15, -0.1) is 0 Å². The molecule has 2 saturated heterocycles. The van der Waals surface area contributed by atoms with E-state index in [1.807, 2.05) is 24.3 Å². The predicted molar refractivity (Wildman–Crippen MR) is 97.9 cm³/mol. The average molecular weight is 346 g/mol. The van der Waals surface area contributed by atoms with Crippen molar-refractivity contribution in [3.63, 3.8) is 0 Å². The highest BCUT2D eigenvalue weighted by Crippen LogP contribution is 2.24. The van der Waals surface area contributed by atoms with Gasteiger partial charge in [-0.2, -0.15) is 0 Å². The normalized spacial score (nSPS) is 27.5. The number of rotatable bonds is 5. The molecule has 2 heterocycles. The Kier molecular flexibility index (Phi) is 5.97. The molecule has 0 aromatic heterocycles. The molecule has 0 bridgehead atoms. The van der Waals surface area contributed by atoms with Gasteiger partial charge < -0.3 is 14.4 Å². The van der Waals surface area contributed by atoms with Crippen LogP contribution in [0, 0.1) is 0 Å². The molecule has 3 atom stereocenters. The van der Waals surface area contributed by atoms with Crippen molar-refractivity contribution in [2.75, 3.05) is 33.3 Å². The number of nitrogens with zero attached hydrogens (tertiary/aromatic N) is 2. The minimum atomic E-state index is 0.210. The lowest BCUT2D eigenvalue weighted by molar-refractivity contribution is -0.132. The maximum Gasteiger partial charge on any atom is 0.227 e. The molecule has 3 rings (SSSR count). The first kappa shape index (κ1) is 18.2. The summed E-state index contributed by atoms with van der Waals surface area (Å²) in [4.78, 5) is 17.4. The number of amides is 1. The molecule has 0 saturated carbocycles. The van der Waals surface area contributed by atoms with Gasteiger partial charge in [0.25, 0.3) is 0 Å². The van der Waals surface area contributed by atoms with Crippen molar-refractivity contribution in [1.82, 2.24) is 9.80 Å². The Labute approximate surface area is 150 Å². The molecule has 5 heteroatoms. The second-order valence-electron chi connectivity index (χ2n) is 7.35. The zero-order chi connectivity index (χ0) is 17.8. The molecule has 138 valence electrons. The van der Waals surface area contributed by atoms with Gasteiger partial charge in [0.1, 0.15) is 5.75 Å². The lowest BCUT2D eigenvalue weighted by atomic mass is 10.1. The first-order valence-electron chi connectivity index (χ1n) is 9.36. The molecule has 3 unspecified atom stereocenters. The molecule has 0 aliphatic carbocycles. The molecule has 0 N–H and O–H groups in total. The summed E-state index contributed by atoms with van der Waals surface area (Å²) in [6.07, 6.45) is 3.14. The van der Waals surface area contributed by atoms with E-state index >= 15 is 0 Å². The molecule has 1 aromatic carbocycles. The van der Waals surface area contributed by atoms with Crippen molar-refractivity contribution >= 4 is 5.91 Å². The van der Waals surface area contributed by atoms with Gasteiger partial charge in [0.05, 0.1) is 25.7 Å². The second-order valence-corrected chi connectivity index (χ2v) is 7.35. The number of likely N-dealkylation sites (tertiary alicyclic amines) is 1. The van der Waals surface area contributed by atoms with Crippen LogP contribution in [0.1, 0.15) is 32.3 Å². The first-order valence-corrected chi connectivity index (χ1v) is 9.36. The van der Waals surface area contributed by atoms with E-state index in [-0.39, 0.29) is 18.1 Å². The molecule has 25 heavy (non-hydrogen) atoms. The first-order chi connectivity index (χ1) is 12.1. The van der Waals surface area contributed by atoms with Crippen molar-refractivity contribution in [1.29, 1.82) is 0 Å². The number of hydrogen-bond donors (Lipinski definition) is 0. The summed E-state index contributed by atoms with van der Waals surface area (Å²) >= 11 is 0. The highest BCUT2D eigenvalue weighted by atomic mass is 16.5. The number of morpholine rings is 1. The monoisotopic (exact) mass is 346 g/mol. The average Bonchev–Trinajstić information content (AvgIpc) is 3.02. The van der Waals surface area contributed by atoms with E-state index in [1.54, 1.807) is 7.11 Å². The lowest BCUT2D eigenvalue weighted by Crippen LogP contribution is -2.51. The zero-order valence-corrected chi connectivity index (χ0v) is 15.6. The highest BCUT2D eigenvalue weighted by molar-refractivity contribution is 5.80. The summed E-state index contributed by atoms with van der Waals surface area (Å²) in [5.74, 6) is 1.00. The molecule has 2 aliphatic rings. The lowest BCUT2D eigenvalue weighted by Gasteiger charge is -2.38. The third kappa shape index (κ3) is 4.53. The Hall–Kier alpha value is -1.59. The molecular formula is C20H30N2O3. The Morgan fingerprint density at radius 2 is 1.96 bits per heavy atom. The molecule has 0 radical (unpaired) electrons. The van der Waals surface area contributed by atoms with E-state index in [1.165, 1.54) is 0 Å². The molecule has 5 nitrogen and oxygen atoms in total. The fourth-order valence-electron chi connectivity index (χ4n) is 4.20. The number of benzene rings is 1. The third-order valence-electron chi connectivity index (χ3n) is 5.20. The van der Waals surface area contributed by atoms with Gasteiger partial charge in [-0.3, -0.25) is 9.69 Å². The standard InChI is InChI=1S/C20H30N2O3/c1-15-12-21(13-16(2)25-15)14-18-8-6-10-22(18)20(23)11-17-7-4-5-9-19(17)24-3/h4-5,7,9,15-16,18H,6,8,10-14H2,1-3H3. The van der Waals surface area contributed by atoms with Crippen LogP contribution < -0.4 is 4.74 Å². The maximum absolute atomic E-state index is 12.9. The topological polar surface area (TPSA) is 42.0 Å². The van der Waals surface area contributed by atoms with Crippen molar-refractivity contribution in [3.8, 4) is 5.75 Å². The van der Waals surface area contributed by atoms with Gasteiger partial charge in [0, 0.05) is 37.8 Å². The van der Waals surface area contributed by atoms with Crippen LogP contribution in [0.4, 0.5) is 0 Å². The molecule has 2 fully saturated rings. The van der Waals surface area contributed by atoms with Crippen molar-refractivity contribution in [3.05, 3.63) is 29.8 Å². The number of methoxy groups -OCH3 is 1. The van der Waals surface area contributed by atoms with Crippen LogP contribution in [0.25, 0.3) is 0 Å². The minimum Gasteiger partial charge on any atom is -0.496 e. The summed E-state index contributed by atoms with van der Waals surface area (Å²) in [7, 11) is 1.66. The van der Waals surface area contributed by atoms with Crippen LogP contribution in [0.15, 0.2) is 24.3 Å². The maximum atomic E-state index is 12.9. The van der Waals surface area contributed by atoms with E-state index in [2.05, 4.69) is 23.6 Å². The van der Waals surface area contributed by atoms with Crippen LogP contribution in [0.3, 0.4) is 0 Å². The number of carbonyl (C=O) groups excluding carboxylic acids is 1. The van der Waals surface area contributed by atoms with E-state index < -0.39 is 0 Å². The van der Waals surface area contributed by atoms with Crippen LogP contribution in [-0.4, -0.2) is 67.2 Å². The van der Waals surface area contributed by atoms with E-state index in [0.717, 1.165) is 50.3 Å². The highest BCUT2D eigenvalue weighted by Gasteiger charge is 2.32. The quantitative estimate of drug-likeness (QED) is 0.821. The fourth-order valence-corrected chi connectivity index (χ4v) is 4.20. The van der Waals surface area contributed by atoms with Crippen molar-refractivity contribution in [2.24, 2.45) is 0 Å². The number of para-hydroxylation sites is 1. The van der Waals surface area contributed by atoms with Gasteiger partial charge >= 0.3 is 0 Å². The Bertz CT molecular complexity index is 582. The third-order valence-corrected chi connectivity index (χ3v) is 5.20. The zero-order valence-electron chi connectivity index (χ0n) is 15.6.